The van der Waals surface area contributed by atoms with Gasteiger partial charge < -0.3 is 9.84 Å². The molecule has 1 N–H and O–H groups in total. The van der Waals surface area contributed by atoms with Crippen molar-refractivity contribution < 1.29 is 9.32 Å². The fraction of sp³-hybridized carbons (Fsp3) is 0.167. The van der Waals surface area contributed by atoms with Crippen molar-refractivity contribution in [2.24, 2.45) is 0 Å². The van der Waals surface area contributed by atoms with E-state index in [0.29, 0.717) is 27.9 Å². The molecule has 1 amide bonds. The third-order valence-corrected chi connectivity index (χ3v) is 3.94. The molecule has 0 radical (unpaired) electrons. The standard InChI is InChI=1S/C18H16ClN3O2/c1-11-7-8-13(12(2)9-11)18(23)20-10-16-21-17(22-24-16)14-5-3-4-6-15(14)19/h3-9H,10H2,1-2H3,(H,20,23). The second-order valence-electron chi connectivity index (χ2n) is 5.49. The molecule has 1 aromatic heterocycles. The Kier molecular flexibility index (Phi) is 4.62. The minimum Gasteiger partial charge on any atom is -0.343 e. The SMILES string of the molecule is Cc1ccc(C(=O)NCc2nc(-c3ccccc3Cl)no2)c(C)c1. The molecule has 5 nitrogen and oxygen atoms in total. The Labute approximate surface area is 144 Å². The van der Waals surface area contributed by atoms with E-state index < -0.39 is 0 Å². The van der Waals surface area contributed by atoms with Crippen molar-refractivity contribution >= 4 is 17.5 Å². The molecule has 0 saturated heterocycles. The Morgan fingerprint density at radius 2 is 2.00 bits per heavy atom. The van der Waals surface area contributed by atoms with Crippen molar-refractivity contribution in [3.05, 3.63) is 70.1 Å². The van der Waals surface area contributed by atoms with Crippen LogP contribution in [0.25, 0.3) is 11.4 Å². The van der Waals surface area contributed by atoms with E-state index in [4.69, 9.17) is 16.1 Å². The normalized spacial score (nSPS) is 10.6. The number of hydrogen-bond donors (Lipinski definition) is 1. The van der Waals surface area contributed by atoms with E-state index in [1.165, 1.54) is 0 Å². The third-order valence-electron chi connectivity index (χ3n) is 3.61. The van der Waals surface area contributed by atoms with Gasteiger partial charge in [-0.25, -0.2) is 0 Å². The van der Waals surface area contributed by atoms with Gasteiger partial charge in [0.15, 0.2) is 0 Å². The average molecular weight is 342 g/mol. The molecular formula is C18H16ClN3O2. The molecule has 0 saturated carbocycles. The summed E-state index contributed by atoms with van der Waals surface area (Å²) < 4.78 is 5.18. The molecule has 3 rings (SSSR count). The third kappa shape index (κ3) is 3.46. The summed E-state index contributed by atoms with van der Waals surface area (Å²) in [5.74, 6) is 0.546. The lowest BCUT2D eigenvalue weighted by molar-refractivity contribution is 0.0945. The number of carbonyl (C=O) groups excluding carboxylic acids is 1. The van der Waals surface area contributed by atoms with Gasteiger partial charge in [0.2, 0.25) is 11.7 Å². The molecule has 3 aromatic rings. The fourth-order valence-electron chi connectivity index (χ4n) is 2.40. The molecule has 0 aliphatic heterocycles. The molecular weight excluding hydrogens is 326 g/mol. The molecule has 1 heterocycles. The van der Waals surface area contributed by atoms with Gasteiger partial charge >= 0.3 is 0 Å². The second-order valence-corrected chi connectivity index (χ2v) is 5.90. The van der Waals surface area contributed by atoms with Crippen LogP contribution in [0.2, 0.25) is 5.02 Å². The number of nitrogens with one attached hydrogen (secondary N) is 1. The summed E-state index contributed by atoms with van der Waals surface area (Å²) in [6.07, 6.45) is 0. The number of amides is 1. The molecule has 122 valence electrons. The quantitative estimate of drug-likeness (QED) is 0.780. The van der Waals surface area contributed by atoms with Crippen LogP contribution in [0.15, 0.2) is 47.0 Å². The van der Waals surface area contributed by atoms with Crippen LogP contribution in [0.3, 0.4) is 0 Å². The Morgan fingerprint density at radius 3 is 2.75 bits per heavy atom. The highest BCUT2D eigenvalue weighted by atomic mass is 35.5. The minimum atomic E-state index is -0.176. The molecule has 0 bridgehead atoms. The lowest BCUT2D eigenvalue weighted by atomic mass is 10.1. The number of halogens is 1. The van der Waals surface area contributed by atoms with Gasteiger partial charge in [0.05, 0.1) is 11.6 Å². The number of hydrogen-bond acceptors (Lipinski definition) is 4. The number of benzene rings is 2. The Hall–Kier alpha value is -2.66. The van der Waals surface area contributed by atoms with Crippen LogP contribution in [-0.4, -0.2) is 16.0 Å². The first-order valence-corrected chi connectivity index (χ1v) is 7.85. The Balaban J connectivity index is 1.69. The first-order chi connectivity index (χ1) is 11.5. The highest BCUT2D eigenvalue weighted by Crippen LogP contribution is 2.24. The van der Waals surface area contributed by atoms with E-state index in [2.05, 4.69) is 15.5 Å². The molecule has 6 heteroatoms. The fourth-order valence-corrected chi connectivity index (χ4v) is 2.62. The average Bonchev–Trinajstić information content (AvgIpc) is 3.02. The van der Waals surface area contributed by atoms with Crippen molar-refractivity contribution in [3.8, 4) is 11.4 Å². The highest BCUT2D eigenvalue weighted by Gasteiger charge is 2.13. The maximum absolute atomic E-state index is 12.3. The molecule has 0 aliphatic carbocycles. The van der Waals surface area contributed by atoms with Crippen LogP contribution in [-0.2, 0) is 6.54 Å². The Morgan fingerprint density at radius 1 is 1.21 bits per heavy atom. The number of carbonyl (C=O) groups is 1. The van der Waals surface area contributed by atoms with Crippen molar-refractivity contribution in [1.82, 2.24) is 15.5 Å². The highest BCUT2D eigenvalue weighted by molar-refractivity contribution is 6.33. The van der Waals surface area contributed by atoms with E-state index in [1.807, 2.05) is 50.2 Å². The predicted octanol–water partition coefficient (Wildman–Crippen LogP) is 3.94. The molecule has 24 heavy (non-hydrogen) atoms. The largest absolute Gasteiger partial charge is 0.343 e. The molecule has 2 aromatic carbocycles. The van der Waals surface area contributed by atoms with Crippen molar-refractivity contribution in [2.45, 2.75) is 20.4 Å². The zero-order valence-corrected chi connectivity index (χ0v) is 14.1. The summed E-state index contributed by atoms with van der Waals surface area (Å²) in [7, 11) is 0. The predicted molar refractivity (Wildman–Crippen MR) is 91.8 cm³/mol. The first kappa shape index (κ1) is 16.2. The van der Waals surface area contributed by atoms with Gasteiger partial charge in [0.25, 0.3) is 5.91 Å². The van der Waals surface area contributed by atoms with Crippen LogP contribution in [0.4, 0.5) is 0 Å². The van der Waals surface area contributed by atoms with Crippen molar-refractivity contribution in [2.75, 3.05) is 0 Å². The van der Waals surface area contributed by atoms with E-state index in [0.717, 1.165) is 11.1 Å². The molecule has 0 fully saturated rings. The van der Waals surface area contributed by atoms with Gasteiger partial charge in [-0.1, -0.05) is 46.6 Å². The second kappa shape index (κ2) is 6.84. The monoisotopic (exact) mass is 341 g/mol. The lowest BCUT2D eigenvalue weighted by Gasteiger charge is -2.06. The van der Waals surface area contributed by atoms with Crippen molar-refractivity contribution in [1.29, 1.82) is 0 Å². The number of nitrogens with zero attached hydrogens (tertiary/aromatic N) is 2. The van der Waals surface area contributed by atoms with Crippen LogP contribution in [0.5, 0.6) is 0 Å². The van der Waals surface area contributed by atoms with Gasteiger partial charge in [-0.2, -0.15) is 4.98 Å². The molecule has 0 unspecified atom stereocenters. The smallest absolute Gasteiger partial charge is 0.251 e. The van der Waals surface area contributed by atoms with Gasteiger partial charge in [-0.3, -0.25) is 4.79 Å². The summed E-state index contributed by atoms with van der Waals surface area (Å²) in [6, 6.07) is 12.9. The van der Waals surface area contributed by atoms with Crippen molar-refractivity contribution in [3.63, 3.8) is 0 Å². The maximum Gasteiger partial charge on any atom is 0.251 e. The van der Waals surface area contributed by atoms with Crippen LogP contribution >= 0.6 is 11.6 Å². The number of aryl methyl sites for hydroxylation is 2. The van der Waals surface area contributed by atoms with Gasteiger partial charge in [-0.15, -0.1) is 0 Å². The van der Waals surface area contributed by atoms with E-state index >= 15 is 0 Å². The maximum atomic E-state index is 12.3. The first-order valence-electron chi connectivity index (χ1n) is 7.47. The summed E-state index contributed by atoms with van der Waals surface area (Å²) in [4.78, 5) is 16.5. The molecule has 0 atom stereocenters. The zero-order chi connectivity index (χ0) is 17.1. The summed E-state index contributed by atoms with van der Waals surface area (Å²) >= 11 is 6.11. The zero-order valence-electron chi connectivity index (χ0n) is 13.3. The lowest BCUT2D eigenvalue weighted by Crippen LogP contribution is -2.23. The van der Waals surface area contributed by atoms with Gasteiger partial charge in [0.1, 0.15) is 0 Å². The van der Waals surface area contributed by atoms with Gasteiger partial charge in [-0.05, 0) is 37.6 Å². The van der Waals surface area contributed by atoms with Gasteiger partial charge in [0, 0.05) is 11.1 Å². The van der Waals surface area contributed by atoms with Crippen LogP contribution in [0.1, 0.15) is 27.4 Å². The molecule has 0 aliphatic rings. The topological polar surface area (TPSA) is 68.0 Å². The summed E-state index contributed by atoms with van der Waals surface area (Å²) in [6.45, 7) is 4.05. The summed E-state index contributed by atoms with van der Waals surface area (Å²) in [5, 5.41) is 7.24. The Bertz CT molecular complexity index is 889. The minimum absolute atomic E-state index is 0.156. The van der Waals surface area contributed by atoms with E-state index in [-0.39, 0.29) is 12.5 Å². The van der Waals surface area contributed by atoms with E-state index in [1.54, 1.807) is 6.07 Å². The summed E-state index contributed by atoms with van der Waals surface area (Å²) in [5.41, 5.74) is 3.36. The molecule has 0 spiro atoms. The number of aromatic nitrogens is 2. The van der Waals surface area contributed by atoms with Crippen LogP contribution < -0.4 is 5.32 Å². The van der Waals surface area contributed by atoms with Crippen LogP contribution in [0, 0.1) is 13.8 Å². The van der Waals surface area contributed by atoms with E-state index in [9.17, 15) is 4.79 Å². The number of rotatable bonds is 4.